The van der Waals surface area contributed by atoms with E-state index in [9.17, 15) is 18.4 Å². The number of sulfonamides is 1. The van der Waals surface area contributed by atoms with Gasteiger partial charge in [0, 0.05) is 4.70 Å². The molecule has 35 heavy (non-hydrogen) atoms. The number of carbonyl (C=O) groups is 1. The quantitative estimate of drug-likeness (QED) is 0.244. The molecule has 0 aliphatic rings. The van der Waals surface area contributed by atoms with E-state index in [1.165, 1.54) is 0 Å². The number of carbonyl (C=O) groups excluding carboxylic acids is 1. The molecule has 1 amide bonds. The molecule has 0 saturated heterocycles. The van der Waals surface area contributed by atoms with Gasteiger partial charge in [-0.25, -0.2) is 13.9 Å². The highest BCUT2D eigenvalue weighted by Gasteiger charge is 2.37. The van der Waals surface area contributed by atoms with Crippen LogP contribution < -0.4 is 5.48 Å². The van der Waals surface area contributed by atoms with Crippen molar-refractivity contribution in [2.24, 2.45) is 0 Å². The smallest absolute Gasteiger partial charge is 0.266 e. The minimum atomic E-state index is -4.05. The molecule has 1 atom stereocenters. The van der Waals surface area contributed by atoms with Gasteiger partial charge in [0.25, 0.3) is 5.91 Å². The highest BCUT2D eigenvalue weighted by Crippen LogP contribution is 2.30. The predicted octanol–water partition coefficient (Wildman–Crippen LogP) is 4.13. The summed E-state index contributed by atoms with van der Waals surface area (Å²) in [6.07, 6.45) is 0. The highest BCUT2D eigenvalue weighted by molar-refractivity contribution is 7.88. The molecule has 4 rings (SSSR count). The van der Waals surface area contributed by atoms with Crippen molar-refractivity contribution in [2.75, 3.05) is 14.1 Å². The van der Waals surface area contributed by atoms with Crippen molar-refractivity contribution in [3.05, 3.63) is 94.8 Å². The number of amides is 1. The summed E-state index contributed by atoms with van der Waals surface area (Å²) in [5.41, 5.74) is 2.67. The zero-order chi connectivity index (χ0) is 25.0. The first-order valence-electron chi connectivity index (χ1n) is 10.9. The Morgan fingerprint density at radius 2 is 1.74 bits per heavy atom. The fourth-order valence-electron chi connectivity index (χ4n) is 3.95. The molecule has 2 N–H and O–H groups in total. The number of furan rings is 1. The van der Waals surface area contributed by atoms with E-state index in [1.54, 1.807) is 65.3 Å². The molecular formula is C25H27N3O5S2. The van der Waals surface area contributed by atoms with Crippen molar-refractivity contribution in [2.45, 2.75) is 24.9 Å². The lowest BCUT2D eigenvalue weighted by Gasteiger charge is -2.29. The average Bonchev–Trinajstić information content (AvgIpc) is 3.47. The molecule has 0 radical (unpaired) electrons. The van der Waals surface area contributed by atoms with Crippen LogP contribution in [-0.2, 0) is 33.7 Å². The van der Waals surface area contributed by atoms with E-state index >= 15 is 0 Å². The van der Waals surface area contributed by atoms with Crippen molar-refractivity contribution in [1.82, 2.24) is 14.7 Å². The van der Waals surface area contributed by atoms with Gasteiger partial charge in [0.15, 0.2) is 0 Å². The van der Waals surface area contributed by atoms with Crippen molar-refractivity contribution in [1.29, 1.82) is 0 Å². The second-order valence-corrected chi connectivity index (χ2v) is 11.4. The summed E-state index contributed by atoms with van der Waals surface area (Å²) in [6.45, 7) is 0.371. The fourth-order valence-corrected chi connectivity index (χ4v) is 6.35. The topological polar surface area (TPSA) is 103 Å². The van der Waals surface area contributed by atoms with Crippen molar-refractivity contribution < 1.29 is 22.8 Å². The van der Waals surface area contributed by atoms with Gasteiger partial charge in [-0.1, -0.05) is 36.4 Å². The summed E-state index contributed by atoms with van der Waals surface area (Å²) in [6, 6.07) is 18.2. The van der Waals surface area contributed by atoms with Gasteiger partial charge >= 0.3 is 0 Å². The first-order chi connectivity index (χ1) is 16.8. The molecular weight excluding hydrogens is 486 g/mol. The van der Waals surface area contributed by atoms with E-state index in [1.807, 2.05) is 42.6 Å². The van der Waals surface area contributed by atoms with Crippen LogP contribution in [0.5, 0.6) is 0 Å². The van der Waals surface area contributed by atoms with Crippen LogP contribution in [-0.4, -0.2) is 42.8 Å². The maximum Gasteiger partial charge on any atom is 0.266 e. The van der Waals surface area contributed by atoms with E-state index in [0.29, 0.717) is 29.2 Å². The van der Waals surface area contributed by atoms with Gasteiger partial charge in [0.2, 0.25) is 10.0 Å². The largest absolute Gasteiger partial charge is 0.463 e. The molecule has 0 aliphatic heterocycles. The zero-order valence-corrected chi connectivity index (χ0v) is 21.1. The summed E-state index contributed by atoms with van der Waals surface area (Å²) < 4.78 is 35.7. The SMILES string of the molecule is CN(C)Cc1ccc(CN([C@@H](C(=O)NO)c2ccccc2)S(=O)(=O)Cc2ccc3sccc3c2)o1. The van der Waals surface area contributed by atoms with Gasteiger partial charge < -0.3 is 9.32 Å². The number of thiophene rings is 1. The van der Waals surface area contributed by atoms with Crippen LogP contribution in [0.2, 0.25) is 0 Å². The molecule has 0 bridgehead atoms. The molecule has 0 spiro atoms. The normalized spacial score (nSPS) is 12.9. The van der Waals surface area contributed by atoms with Gasteiger partial charge in [0.1, 0.15) is 17.6 Å². The first kappa shape index (κ1) is 25.1. The molecule has 184 valence electrons. The average molecular weight is 514 g/mol. The minimum absolute atomic E-state index is 0.177. The van der Waals surface area contributed by atoms with E-state index in [4.69, 9.17) is 4.42 Å². The second kappa shape index (κ2) is 10.7. The molecule has 0 unspecified atom stereocenters. The highest BCUT2D eigenvalue weighted by atomic mass is 32.2. The Bertz CT molecular complexity index is 1400. The molecule has 2 aromatic heterocycles. The Labute approximate surface area is 208 Å². The van der Waals surface area contributed by atoms with Crippen LogP contribution in [0.3, 0.4) is 0 Å². The Hall–Kier alpha value is -3.02. The number of hydroxylamine groups is 1. The predicted molar refractivity (Wildman–Crippen MR) is 135 cm³/mol. The number of hydrogen-bond donors (Lipinski definition) is 2. The summed E-state index contributed by atoms with van der Waals surface area (Å²) in [5, 5.41) is 12.4. The van der Waals surface area contributed by atoms with E-state index in [2.05, 4.69) is 0 Å². The van der Waals surface area contributed by atoms with Crippen molar-refractivity contribution in [3.63, 3.8) is 0 Å². The number of hydrogen-bond acceptors (Lipinski definition) is 7. The first-order valence-corrected chi connectivity index (χ1v) is 13.4. The molecule has 0 aliphatic carbocycles. The maximum absolute atomic E-state index is 13.8. The minimum Gasteiger partial charge on any atom is -0.463 e. The lowest BCUT2D eigenvalue weighted by atomic mass is 10.1. The third-order valence-corrected chi connectivity index (χ3v) is 8.14. The van der Waals surface area contributed by atoms with Gasteiger partial charge in [-0.15, -0.1) is 11.3 Å². The summed E-state index contributed by atoms with van der Waals surface area (Å²) in [5.74, 6) is -0.0989. The van der Waals surface area contributed by atoms with E-state index in [0.717, 1.165) is 14.4 Å². The Morgan fingerprint density at radius 1 is 1.03 bits per heavy atom. The molecule has 0 fully saturated rings. The van der Waals surface area contributed by atoms with Crippen LogP contribution in [0.15, 0.2) is 76.5 Å². The zero-order valence-electron chi connectivity index (χ0n) is 19.4. The molecule has 0 saturated carbocycles. The number of rotatable bonds is 10. The Kier molecular flexibility index (Phi) is 7.68. The summed E-state index contributed by atoms with van der Waals surface area (Å²) >= 11 is 1.58. The second-order valence-electron chi connectivity index (χ2n) is 8.49. The fraction of sp³-hybridized carbons (Fsp3) is 0.240. The number of nitrogens with zero attached hydrogens (tertiary/aromatic N) is 2. The monoisotopic (exact) mass is 513 g/mol. The van der Waals surface area contributed by atoms with Crippen LogP contribution in [0.4, 0.5) is 0 Å². The third-order valence-electron chi connectivity index (χ3n) is 5.49. The van der Waals surface area contributed by atoms with Gasteiger partial charge in [0.05, 0.1) is 18.8 Å². The molecule has 2 aromatic carbocycles. The molecule has 2 heterocycles. The van der Waals surface area contributed by atoms with E-state index < -0.39 is 22.0 Å². The lowest BCUT2D eigenvalue weighted by molar-refractivity contribution is -0.133. The third kappa shape index (κ3) is 5.98. The van der Waals surface area contributed by atoms with Crippen molar-refractivity contribution in [3.8, 4) is 0 Å². The van der Waals surface area contributed by atoms with Crippen LogP contribution in [0, 0.1) is 0 Å². The number of nitrogens with one attached hydrogen (secondary N) is 1. The van der Waals surface area contributed by atoms with Gasteiger partial charge in [-0.2, -0.15) is 4.31 Å². The van der Waals surface area contributed by atoms with Gasteiger partial charge in [-0.05, 0) is 66.3 Å². The number of benzene rings is 2. The maximum atomic E-state index is 13.8. The summed E-state index contributed by atoms with van der Waals surface area (Å²) in [4.78, 5) is 14.8. The molecule has 4 aromatic rings. The molecule has 10 heteroatoms. The van der Waals surface area contributed by atoms with Crippen molar-refractivity contribution >= 4 is 37.4 Å². The molecule has 8 nitrogen and oxygen atoms in total. The summed E-state index contributed by atoms with van der Waals surface area (Å²) in [7, 11) is -0.241. The standard InChI is InChI=1S/C25H27N3O5S2/c1-27(2)15-21-9-10-22(33-21)16-28(24(25(29)26-30)19-6-4-3-5-7-19)35(31,32)17-18-8-11-23-20(14-18)12-13-34-23/h3-14,24,30H,15-17H2,1-2H3,(H,26,29)/t24-/m1/s1. The van der Waals surface area contributed by atoms with Gasteiger partial charge in [-0.3, -0.25) is 10.0 Å². The lowest BCUT2D eigenvalue weighted by Crippen LogP contribution is -2.43. The van der Waals surface area contributed by atoms with Crippen LogP contribution in [0.1, 0.15) is 28.7 Å². The Morgan fingerprint density at radius 3 is 2.43 bits per heavy atom. The van der Waals surface area contributed by atoms with Crippen LogP contribution in [0.25, 0.3) is 10.1 Å². The number of fused-ring (bicyclic) bond motifs is 1. The Balaban J connectivity index is 1.74. The van der Waals surface area contributed by atoms with Crippen LogP contribution >= 0.6 is 11.3 Å². The van der Waals surface area contributed by atoms with E-state index in [-0.39, 0.29) is 12.3 Å².